The molecular weight excluding hydrogens is 292 g/mol. The summed E-state index contributed by atoms with van der Waals surface area (Å²) in [6, 6.07) is 0. The molecule has 3 unspecified atom stereocenters. The normalized spacial score (nSPS) is 36.7. The maximum atomic E-state index is 10.8. The predicted molar refractivity (Wildman–Crippen MR) is 91.4 cm³/mol. The standard InChI is InChI=1S/C18H34N2O3/c1-3-5-7-17(10-11-19)12-16(4-2)8-6-9-18(13-16,14-17)15-23-20(21)22/h3-15,19H2,1-2H3. The van der Waals surface area contributed by atoms with E-state index in [1.165, 1.54) is 44.9 Å². The zero-order chi connectivity index (χ0) is 17.0. The molecule has 2 fully saturated rings. The molecule has 2 aliphatic rings. The van der Waals surface area contributed by atoms with Crippen LogP contribution in [0.3, 0.4) is 0 Å². The van der Waals surface area contributed by atoms with Crippen LogP contribution in [0.5, 0.6) is 0 Å². The van der Waals surface area contributed by atoms with Crippen molar-refractivity contribution in [2.75, 3.05) is 13.2 Å². The van der Waals surface area contributed by atoms with Gasteiger partial charge in [0.2, 0.25) is 0 Å². The zero-order valence-corrected chi connectivity index (χ0v) is 14.9. The maximum Gasteiger partial charge on any atom is 0.294 e. The minimum absolute atomic E-state index is 0.0114. The van der Waals surface area contributed by atoms with Crippen molar-refractivity contribution in [2.24, 2.45) is 22.0 Å². The first-order valence-electron chi connectivity index (χ1n) is 9.40. The van der Waals surface area contributed by atoms with Crippen LogP contribution in [-0.2, 0) is 4.84 Å². The Morgan fingerprint density at radius 2 is 1.83 bits per heavy atom. The van der Waals surface area contributed by atoms with E-state index < -0.39 is 5.09 Å². The highest BCUT2D eigenvalue weighted by atomic mass is 16.9. The summed E-state index contributed by atoms with van der Waals surface area (Å²) in [6.07, 6.45) is 12.8. The van der Waals surface area contributed by atoms with Crippen LogP contribution in [0, 0.1) is 26.4 Å². The Morgan fingerprint density at radius 3 is 2.43 bits per heavy atom. The van der Waals surface area contributed by atoms with Gasteiger partial charge in [0.05, 0.1) is 0 Å². The highest BCUT2D eigenvalue weighted by Gasteiger charge is 2.55. The van der Waals surface area contributed by atoms with E-state index in [2.05, 4.69) is 13.8 Å². The molecule has 0 saturated heterocycles. The smallest absolute Gasteiger partial charge is 0.294 e. The van der Waals surface area contributed by atoms with Crippen molar-refractivity contribution in [1.29, 1.82) is 0 Å². The second-order valence-corrected chi connectivity index (χ2v) is 8.38. The van der Waals surface area contributed by atoms with E-state index in [9.17, 15) is 10.1 Å². The fourth-order valence-corrected chi connectivity index (χ4v) is 5.89. The van der Waals surface area contributed by atoms with E-state index >= 15 is 0 Å². The summed E-state index contributed by atoms with van der Waals surface area (Å²) < 4.78 is 0. The highest BCUT2D eigenvalue weighted by molar-refractivity contribution is 5.05. The number of nitrogens with two attached hydrogens (primary N) is 1. The van der Waals surface area contributed by atoms with Gasteiger partial charge >= 0.3 is 0 Å². The van der Waals surface area contributed by atoms with Crippen molar-refractivity contribution in [3.63, 3.8) is 0 Å². The van der Waals surface area contributed by atoms with E-state index in [1.54, 1.807) is 0 Å². The third-order valence-corrected chi connectivity index (χ3v) is 6.63. The second kappa shape index (κ2) is 7.37. The van der Waals surface area contributed by atoms with Gasteiger partial charge in [0.15, 0.2) is 0 Å². The van der Waals surface area contributed by atoms with Crippen molar-refractivity contribution in [3.8, 4) is 0 Å². The molecule has 0 aromatic heterocycles. The molecule has 2 saturated carbocycles. The van der Waals surface area contributed by atoms with Gasteiger partial charge in [0, 0.05) is 0 Å². The monoisotopic (exact) mass is 326 g/mol. The van der Waals surface area contributed by atoms with Gasteiger partial charge in [-0.05, 0) is 67.7 Å². The third kappa shape index (κ3) is 4.17. The summed E-state index contributed by atoms with van der Waals surface area (Å²) in [7, 11) is 0. The minimum atomic E-state index is -0.609. The molecule has 0 aromatic carbocycles. The lowest BCUT2D eigenvalue weighted by atomic mass is 9.46. The van der Waals surface area contributed by atoms with Crippen LogP contribution in [-0.4, -0.2) is 18.2 Å². The Morgan fingerprint density at radius 1 is 1.13 bits per heavy atom. The fourth-order valence-electron chi connectivity index (χ4n) is 5.89. The lowest BCUT2D eigenvalue weighted by Gasteiger charge is -2.59. The maximum absolute atomic E-state index is 10.8. The summed E-state index contributed by atoms with van der Waals surface area (Å²) in [4.78, 5) is 15.7. The van der Waals surface area contributed by atoms with E-state index in [-0.39, 0.29) is 17.4 Å². The van der Waals surface area contributed by atoms with Crippen LogP contribution in [0.1, 0.15) is 84.5 Å². The van der Waals surface area contributed by atoms with Gasteiger partial charge in [0.25, 0.3) is 5.09 Å². The highest BCUT2D eigenvalue weighted by Crippen LogP contribution is 2.64. The molecule has 0 aromatic rings. The summed E-state index contributed by atoms with van der Waals surface area (Å²) in [5, 5.41) is 10.2. The molecule has 134 valence electrons. The SMILES string of the molecule is CCCCC1(CCN)CC2(CC)CCCC(CO[N+](=O)[O-])(C2)C1. The Hall–Kier alpha value is -0.840. The summed E-state index contributed by atoms with van der Waals surface area (Å²) in [5.41, 5.74) is 6.58. The Kier molecular flexibility index (Phi) is 5.93. The second-order valence-electron chi connectivity index (χ2n) is 8.38. The molecule has 5 heteroatoms. The predicted octanol–water partition coefficient (Wildman–Crippen LogP) is 4.47. The van der Waals surface area contributed by atoms with E-state index in [0.29, 0.717) is 5.41 Å². The van der Waals surface area contributed by atoms with Gasteiger partial charge in [-0.15, -0.1) is 10.1 Å². The fraction of sp³-hybridized carbons (Fsp3) is 1.00. The lowest BCUT2D eigenvalue weighted by molar-refractivity contribution is -0.761. The number of unbranched alkanes of at least 4 members (excludes halogenated alkanes) is 1. The first kappa shape index (κ1) is 18.5. The van der Waals surface area contributed by atoms with Gasteiger partial charge in [-0.25, -0.2) is 0 Å². The van der Waals surface area contributed by atoms with Gasteiger partial charge < -0.3 is 10.6 Å². The lowest BCUT2D eigenvalue weighted by Crippen LogP contribution is -2.51. The Labute approximate surface area is 140 Å². The van der Waals surface area contributed by atoms with Crippen LogP contribution in [0.4, 0.5) is 0 Å². The quantitative estimate of drug-likeness (QED) is 0.501. The van der Waals surface area contributed by atoms with Crippen molar-refractivity contribution >= 4 is 0 Å². The first-order chi connectivity index (χ1) is 10.9. The van der Waals surface area contributed by atoms with Gasteiger partial charge in [-0.2, -0.15) is 0 Å². The molecule has 5 nitrogen and oxygen atoms in total. The van der Waals surface area contributed by atoms with Crippen molar-refractivity contribution < 1.29 is 9.92 Å². The number of rotatable bonds is 9. The molecule has 0 radical (unpaired) electrons. The van der Waals surface area contributed by atoms with Crippen LogP contribution in [0.15, 0.2) is 0 Å². The average Bonchev–Trinajstić information content (AvgIpc) is 2.51. The summed E-state index contributed by atoms with van der Waals surface area (Å²) in [6.45, 7) is 5.53. The van der Waals surface area contributed by atoms with E-state index in [4.69, 9.17) is 10.6 Å². The molecule has 0 amide bonds. The largest absolute Gasteiger partial charge is 0.330 e. The number of hydrogen-bond acceptors (Lipinski definition) is 4. The minimum Gasteiger partial charge on any atom is -0.330 e. The van der Waals surface area contributed by atoms with Crippen LogP contribution in [0.2, 0.25) is 0 Å². The van der Waals surface area contributed by atoms with E-state index in [1.807, 2.05) is 0 Å². The van der Waals surface area contributed by atoms with Crippen LogP contribution in [0.25, 0.3) is 0 Å². The molecular formula is C18H34N2O3. The Bertz CT molecular complexity index is 417. The van der Waals surface area contributed by atoms with Crippen molar-refractivity contribution in [1.82, 2.24) is 0 Å². The van der Waals surface area contributed by atoms with E-state index in [0.717, 1.165) is 32.2 Å². The van der Waals surface area contributed by atoms with Crippen LogP contribution >= 0.6 is 0 Å². The topological polar surface area (TPSA) is 78.4 Å². The molecule has 2 bridgehead atoms. The molecule has 0 heterocycles. The van der Waals surface area contributed by atoms with Gasteiger partial charge in [-0.1, -0.05) is 39.5 Å². The Balaban J connectivity index is 2.28. The first-order valence-corrected chi connectivity index (χ1v) is 9.40. The number of hydrogen-bond donors (Lipinski definition) is 1. The number of fused-ring (bicyclic) bond motifs is 2. The zero-order valence-electron chi connectivity index (χ0n) is 14.9. The molecule has 2 N–H and O–H groups in total. The summed E-state index contributed by atoms with van der Waals surface area (Å²) in [5.74, 6) is 0. The van der Waals surface area contributed by atoms with Gasteiger partial charge in [0.1, 0.15) is 6.61 Å². The molecule has 23 heavy (non-hydrogen) atoms. The van der Waals surface area contributed by atoms with Gasteiger partial charge in [-0.3, -0.25) is 0 Å². The molecule has 2 rings (SSSR count). The molecule has 2 aliphatic carbocycles. The third-order valence-electron chi connectivity index (χ3n) is 6.63. The number of nitrogens with zero attached hydrogens (tertiary/aromatic N) is 1. The van der Waals surface area contributed by atoms with Crippen molar-refractivity contribution in [3.05, 3.63) is 10.1 Å². The van der Waals surface area contributed by atoms with Crippen molar-refractivity contribution in [2.45, 2.75) is 84.5 Å². The molecule has 0 aliphatic heterocycles. The molecule has 0 spiro atoms. The average molecular weight is 326 g/mol. The summed E-state index contributed by atoms with van der Waals surface area (Å²) >= 11 is 0. The molecule has 3 atom stereocenters. The van der Waals surface area contributed by atoms with Crippen LogP contribution < -0.4 is 5.73 Å².